The molecule has 2 aromatic rings. The predicted molar refractivity (Wildman–Crippen MR) is 110 cm³/mol. The van der Waals surface area contributed by atoms with E-state index in [0.29, 0.717) is 22.0 Å². The Morgan fingerprint density at radius 2 is 2.04 bits per heavy atom. The molecule has 8 heteroatoms. The first kappa shape index (κ1) is 20.5. The maximum Gasteiger partial charge on any atom is 0.255 e. The van der Waals surface area contributed by atoms with Gasteiger partial charge in [-0.15, -0.1) is 0 Å². The van der Waals surface area contributed by atoms with Crippen molar-refractivity contribution in [1.29, 1.82) is 0 Å². The minimum atomic E-state index is -0.244. The number of carbonyl (C=O) groups is 1. The zero-order valence-electron chi connectivity index (χ0n) is 16.2. The van der Waals surface area contributed by atoms with E-state index in [9.17, 15) is 4.79 Å². The topological polar surface area (TPSA) is 81.7 Å². The zero-order chi connectivity index (χ0) is 20.1. The largest absolute Gasteiger partial charge is 0.496 e. The van der Waals surface area contributed by atoms with Crippen molar-refractivity contribution in [1.82, 2.24) is 14.8 Å². The first-order chi connectivity index (χ1) is 13.5. The Hall–Kier alpha value is -2.22. The van der Waals surface area contributed by atoms with Gasteiger partial charge >= 0.3 is 0 Å². The van der Waals surface area contributed by atoms with Gasteiger partial charge in [-0.3, -0.25) is 9.69 Å². The third-order valence-corrected chi connectivity index (χ3v) is 5.49. The molecule has 1 saturated heterocycles. The molecule has 3 rings (SSSR count). The number of methoxy groups -OCH3 is 2. The lowest BCUT2D eigenvalue weighted by Gasteiger charge is -2.38. The van der Waals surface area contributed by atoms with E-state index < -0.39 is 0 Å². The van der Waals surface area contributed by atoms with Crippen LogP contribution in [0.4, 0.5) is 5.69 Å². The maximum atomic E-state index is 12.8. The molecule has 0 unspecified atom stereocenters. The van der Waals surface area contributed by atoms with E-state index in [1.165, 1.54) is 7.11 Å². The Labute approximate surface area is 170 Å². The van der Waals surface area contributed by atoms with Crippen LogP contribution in [-0.2, 0) is 11.3 Å². The second-order valence-electron chi connectivity index (χ2n) is 6.94. The van der Waals surface area contributed by atoms with Crippen molar-refractivity contribution in [3.8, 4) is 5.75 Å². The molecule has 0 saturated carbocycles. The van der Waals surface area contributed by atoms with E-state index in [-0.39, 0.29) is 18.1 Å². The van der Waals surface area contributed by atoms with Crippen molar-refractivity contribution in [2.75, 3.05) is 39.6 Å². The summed E-state index contributed by atoms with van der Waals surface area (Å²) < 4.78 is 13.1. The highest BCUT2D eigenvalue weighted by Crippen LogP contribution is 2.29. The molecule has 28 heavy (non-hydrogen) atoms. The number of piperidine rings is 1. The molecule has 1 fully saturated rings. The third kappa shape index (κ3) is 4.79. The lowest BCUT2D eigenvalue weighted by atomic mass is 10.0. The number of ether oxygens (including phenoxy) is 2. The molecule has 0 aliphatic carbocycles. The molecule has 0 bridgehead atoms. The summed E-state index contributed by atoms with van der Waals surface area (Å²) in [7, 11) is 3.18. The highest BCUT2D eigenvalue weighted by Gasteiger charge is 2.31. The minimum absolute atomic E-state index is 0.0821. The fraction of sp³-hybridized carbons (Fsp3) is 0.450. The second kappa shape index (κ2) is 9.32. The molecule has 1 aliphatic heterocycles. The molecule has 1 aromatic heterocycles. The van der Waals surface area contributed by atoms with Crippen molar-refractivity contribution < 1.29 is 14.3 Å². The maximum absolute atomic E-state index is 12.8. The van der Waals surface area contributed by atoms with Crippen LogP contribution < -0.4 is 15.8 Å². The smallest absolute Gasteiger partial charge is 0.255 e. The molecular weight excluding hydrogens is 380 g/mol. The lowest BCUT2D eigenvalue weighted by molar-refractivity contribution is 0.00552. The molecule has 0 spiro atoms. The first-order valence-electron chi connectivity index (χ1n) is 9.31. The van der Waals surface area contributed by atoms with E-state index in [1.807, 2.05) is 12.1 Å². The van der Waals surface area contributed by atoms with Crippen molar-refractivity contribution in [2.45, 2.75) is 25.1 Å². The van der Waals surface area contributed by atoms with Gasteiger partial charge in [0.25, 0.3) is 5.91 Å². The number of halogens is 1. The number of carbonyl (C=O) groups excluding carboxylic acids is 1. The molecule has 1 amide bonds. The number of likely N-dealkylation sites (tertiary alicyclic amines) is 1. The number of hydrogen-bond acceptors (Lipinski definition) is 5. The highest BCUT2D eigenvalue weighted by atomic mass is 35.5. The van der Waals surface area contributed by atoms with Crippen LogP contribution >= 0.6 is 11.6 Å². The number of amides is 1. The van der Waals surface area contributed by atoms with Crippen molar-refractivity contribution in [3.63, 3.8) is 0 Å². The minimum Gasteiger partial charge on any atom is -0.496 e. The molecule has 2 heterocycles. The molecule has 152 valence electrons. The van der Waals surface area contributed by atoms with Crippen molar-refractivity contribution in [2.24, 2.45) is 0 Å². The van der Waals surface area contributed by atoms with Crippen molar-refractivity contribution in [3.05, 3.63) is 47.2 Å². The molecule has 2 atom stereocenters. The fourth-order valence-corrected chi connectivity index (χ4v) is 3.69. The standard InChI is InChI=1S/C20H27ClN4O3/c1-27-18-12-16(22)15(21)11-14(18)20(26)23-17-5-8-25(13-19(17)28-2)10-9-24-6-3-4-7-24/h3-4,6-7,11-12,17,19H,5,8-10,13,22H2,1-2H3,(H,23,26)/t17-,19+/m0/s1. The van der Waals surface area contributed by atoms with Crippen LogP contribution in [0.25, 0.3) is 0 Å². The first-order valence-corrected chi connectivity index (χ1v) is 9.69. The molecule has 1 aromatic carbocycles. The SMILES string of the molecule is COc1cc(N)c(Cl)cc1C(=O)N[C@H]1CCN(CCn2cccc2)C[C@H]1OC. The number of nitrogens with two attached hydrogens (primary N) is 1. The summed E-state index contributed by atoms with van der Waals surface area (Å²) in [4.78, 5) is 15.2. The van der Waals surface area contributed by atoms with Gasteiger partial charge < -0.3 is 25.1 Å². The monoisotopic (exact) mass is 406 g/mol. The van der Waals surface area contributed by atoms with Gasteiger partial charge in [-0.1, -0.05) is 11.6 Å². The number of nitrogens with zero attached hydrogens (tertiary/aromatic N) is 2. The van der Waals surface area contributed by atoms with E-state index in [4.69, 9.17) is 26.8 Å². The van der Waals surface area contributed by atoms with Gasteiger partial charge in [-0.25, -0.2) is 0 Å². The van der Waals surface area contributed by atoms with Gasteiger partial charge in [0.2, 0.25) is 0 Å². The van der Waals surface area contributed by atoms with Crippen LogP contribution in [0, 0.1) is 0 Å². The number of benzene rings is 1. The molecule has 1 aliphatic rings. The summed E-state index contributed by atoms with van der Waals surface area (Å²) in [6, 6.07) is 7.07. The van der Waals surface area contributed by atoms with Crippen LogP contribution in [0.5, 0.6) is 5.75 Å². The van der Waals surface area contributed by atoms with Crippen LogP contribution in [0.1, 0.15) is 16.8 Å². The Bertz CT molecular complexity index is 797. The van der Waals surface area contributed by atoms with Gasteiger partial charge in [0.05, 0.1) is 35.5 Å². The average Bonchev–Trinajstić information content (AvgIpc) is 3.22. The summed E-state index contributed by atoms with van der Waals surface area (Å²) >= 11 is 6.09. The molecule has 3 N–H and O–H groups in total. The zero-order valence-corrected chi connectivity index (χ0v) is 17.0. The van der Waals surface area contributed by atoms with Crippen LogP contribution in [0.2, 0.25) is 5.02 Å². The van der Waals surface area contributed by atoms with E-state index in [2.05, 4.69) is 27.2 Å². The van der Waals surface area contributed by atoms with Crippen molar-refractivity contribution >= 4 is 23.2 Å². The fourth-order valence-electron chi connectivity index (χ4n) is 3.53. The highest BCUT2D eigenvalue weighted by molar-refractivity contribution is 6.33. The van der Waals surface area contributed by atoms with Crippen LogP contribution in [0.3, 0.4) is 0 Å². The Morgan fingerprint density at radius 3 is 2.71 bits per heavy atom. The van der Waals surface area contributed by atoms with E-state index >= 15 is 0 Å². The van der Waals surface area contributed by atoms with Crippen LogP contribution in [-0.4, -0.2) is 61.4 Å². The number of anilines is 1. The van der Waals surface area contributed by atoms with Gasteiger partial charge in [0.1, 0.15) is 5.75 Å². The third-order valence-electron chi connectivity index (χ3n) is 5.17. The number of nitrogen functional groups attached to an aromatic ring is 1. The number of nitrogens with one attached hydrogen (secondary N) is 1. The number of rotatable bonds is 7. The second-order valence-corrected chi connectivity index (χ2v) is 7.35. The predicted octanol–water partition coefficient (Wildman–Crippen LogP) is 2.25. The van der Waals surface area contributed by atoms with Gasteiger partial charge in [-0.2, -0.15) is 0 Å². The van der Waals surface area contributed by atoms with Crippen LogP contribution in [0.15, 0.2) is 36.7 Å². The van der Waals surface area contributed by atoms with E-state index in [0.717, 1.165) is 32.6 Å². The summed E-state index contributed by atoms with van der Waals surface area (Å²) in [6.45, 7) is 3.53. The summed E-state index contributed by atoms with van der Waals surface area (Å²) in [5, 5.41) is 3.40. The average molecular weight is 407 g/mol. The Morgan fingerprint density at radius 1 is 1.29 bits per heavy atom. The molecular formula is C20H27ClN4O3. The van der Waals surface area contributed by atoms with Gasteiger partial charge in [0, 0.05) is 51.7 Å². The molecule has 0 radical (unpaired) electrons. The quantitative estimate of drug-likeness (QED) is 0.689. The summed E-state index contributed by atoms with van der Waals surface area (Å²) in [6.07, 6.45) is 4.84. The number of hydrogen-bond donors (Lipinski definition) is 2. The van der Waals surface area contributed by atoms with Gasteiger partial charge in [-0.05, 0) is 24.6 Å². The lowest BCUT2D eigenvalue weighted by Crippen LogP contribution is -2.55. The molecule has 7 nitrogen and oxygen atoms in total. The summed E-state index contributed by atoms with van der Waals surface area (Å²) in [5.74, 6) is 0.157. The summed E-state index contributed by atoms with van der Waals surface area (Å²) in [5.41, 5.74) is 6.54. The Kier molecular flexibility index (Phi) is 6.83. The van der Waals surface area contributed by atoms with E-state index in [1.54, 1.807) is 19.2 Å². The number of aromatic nitrogens is 1. The normalized spacial score (nSPS) is 20.1. The Balaban J connectivity index is 1.61. The van der Waals surface area contributed by atoms with Gasteiger partial charge in [0.15, 0.2) is 0 Å².